The molecule has 0 aliphatic rings. The lowest BCUT2D eigenvalue weighted by molar-refractivity contribution is 0.196. The molecule has 3 N–H and O–H groups in total. The van der Waals surface area contributed by atoms with Gasteiger partial charge in [-0.3, -0.25) is 0 Å². The van der Waals surface area contributed by atoms with Crippen molar-refractivity contribution in [2.24, 2.45) is 0 Å². The van der Waals surface area contributed by atoms with Crippen molar-refractivity contribution in [3.8, 4) is 33.6 Å². The van der Waals surface area contributed by atoms with E-state index in [1.165, 1.54) is 29.3 Å². The third-order valence-corrected chi connectivity index (χ3v) is 6.96. The molecule has 0 unspecified atom stereocenters. The Hall–Kier alpha value is -3.67. The number of nitrogens with zero attached hydrogens (tertiary/aromatic N) is 5. The van der Waals surface area contributed by atoms with Crippen LogP contribution >= 0.6 is 34.7 Å². The lowest BCUT2D eigenvalue weighted by Crippen LogP contribution is -2.03. The van der Waals surface area contributed by atoms with Gasteiger partial charge in [0.2, 0.25) is 11.6 Å². The standard InChI is InChI=1S/C24H17ClN6O2S2/c1-28-21-20(15-4-7-19(29-11-15)33-9-8-32)18(10-26)24(31-22(21)27)35-13-17-12-34-23(30-17)14-2-5-16(25)6-3-14/h2-7,11-12,32H,8-9,13H2,(H2,27,31). The van der Waals surface area contributed by atoms with Gasteiger partial charge in [-0.15, -0.1) is 11.3 Å². The highest BCUT2D eigenvalue weighted by molar-refractivity contribution is 7.98. The third-order valence-electron chi connectivity index (χ3n) is 4.75. The molecular weight excluding hydrogens is 504 g/mol. The molecule has 3 heterocycles. The Labute approximate surface area is 214 Å². The van der Waals surface area contributed by atoms with Crippen LogP contribution in [0.3, 0.4) is 0 Å². The first-order valence-corrected chi connectivity index (χ1v) is 12.4. The van der Waals surface area contributed by atoms with Crippen molar-refractivity contribution < 1.29 is 9.84 Å². The molecule has 0 atom stereocenters. The van der Waals surface area contributed by atoms with Gasteiger partial charge < -0.3 is 15.6 Å². The number of pyridine rings is 2. The van der Waals surface area contributed by atoms with Crippen LogP contribution in [0.4, 0.5) is 11.5 Å². The van der Waals surface area contributed by atoms with Crippen molar-refractivity contribution >= 4 is 46.2 Å². The number of ether oxygens (including phenoxy) is 1. The van der Waals surface area contributed by atoms with Crippen LogP contribution in [0.1, 0.15) is 11.3 Å². The van der Waals surface area contributed by atoms with E-state index in [1.807, 2.05) is 29.6 Å². The van der Waals surface area contributed by atoms with E-state index in [2.05, 4.69) is 25.9 Å². The van der Waals surface area contributed by atoms with E-state index in [0.717, 1.165) is 16.3 Å². The minimum Gasteiger partial charge on any atom is -0.475 e. The van der Waals surface area contributed by atoms with Crippen molar-refractivity contribution in [2.75, 3.05) is 18.9 Å². The number of aliphatic hydroxyl groups is 1. The second-order valence-electron chi connectivity index (χ2n) is 7.02. The summed E-state index contributed by atoms with van der Waals surface area (Å²) >= 11 is 8.81. The van der Waals surface area contributed by atoms with Crippen LogP contribution in [0.15, 0.2) is 53.0 Å². The lowest BCUT2D eigenvalue weighted by atomic mass is 10.0. The molecule has 174 valence electrons. The fourth-order valence-corrected chi connectivity index (χ4v) is 5.12. The van der Waals surface area contributed by atoms with Crippen molar-refractivity contribution in [1.29, 1.82) is 5.26 Å². The van der Waals surface area contributed by atoms with E-state index < -0.39 is 0 Å². The maximum absolute atomic E-state index is 9.97. The maximum Gasteiger partial charge on any atom is 0.237 e. The molecular formula is C24H17ClN6O2S2. The Balaban J connectivity index is 1.63. The fraction of sp³-hybridized carbons (Fsp3) is 0.125. The van der Waals surface area contributed by atoms with Gasteiger partial charge in [0, 0.05) is 39.5 Å². The minimum absolute atomic E-state index is 0.0391. The summed E-state index contributed by atoms with van der Waals surface area (Å²) in [7, 11) is 0. The van der Waals surface area contributed by atoms with Gasteiger partial charge in [0.05, 0.1) is 24.4 Å². The first-order chi connectivity index (χ1) is 17.0. The number of thioether (sulfide) groups is 1. The number of nitrogen functional groups attached to an aromatic ring is 1. The van der Waals surface area contributed by atoms with E-state index in [1.54, 1.807) is 12.1 Å². The summed E-state index contributed by atoms with van der Waals surface area (Å²) in [4.78, 5) is 16.7. The molecule has 0 aliphatic carbocycles. The van der Waals surface area contributed by atoms with Crippen LogP contribution in [0.5, 0.6) is 5.88 Å². The minimum atomic E-state index is -0.133. The molecule has 0 saturated heterocycles. The molecule has 0 amide bonds. The van der Waals surface area contributed by atoms with Gasteiger partial charge >= 0.3 is 0 Å². The molecule has 11 heteroatoms. The zero-order chi connectivity index (χ0) is 24.8. The monoisotopic (exact) mass is 520 g/mol. The summed E-state index contributed by atoms with van der Waals surface area (Å²) in [5.41, 5.74) is 9.16. The third kappa shape index (κ3) is 5.53. The van der Waals surface area contributed by atoms with E-state index in [0.29, 0.717) is 32.8 Å². The van der Waals surface area contributed by atoms with Gasteiger partial charge in [-0.2, -0.15) is 5.26 Å². The van der Waals surface area contributed by atoms with Gasteiger partial charge in [0.1, 0.15) is 28.5 Å². The molecule has 0 radical (unpaired) electrons. The number of halogens is 1. The first-order valence-electron chi connectivity index (χ1n) is 10.2. The summed E-state index contributed by atoms with van der Waals surface area (Å²) in [5, 5.41) is 22.8. The van der Waals surface area contributed by atoms with Crippen molar-refractivity contribution in [1.82, 2.24) is 15.0 Å². The average Bonchev–Trinajstić information content (AvgIpc) is 3.35. The Morgan fingerprint density at radius 1 is 1.20 bits per heavy atom. The molecule has 0 saturated carbocycles. The highest BCUT2D eigenvalue weighted by atomic mass is 35.5. The highest BCUT2D eigenvalue weighted by Gasteiger charge is 2.21. The second-order valence-corrected chi connectivity index (χ2v) is 9.28. The molecule has 3 aromatic heterocycles. The molecule has 4 rings (SSSR count). The Bertz CT molecular complexity index is 1430. The van der Waals surface area contributed by atoms with Gasteiger partial charge in [-0.25, -0.2) is 19.8 Å². The topological polar surface area (TPSA) is 122 Å². The predicted octanol–water partition coefficient (Wildman–Crippen LogP) is 5.59. The largest absolute Gasteiger partial charge is 0.475 e. The van der Waals surface area contributed by atoms with Crippen LogP contribution in [0.2, 0.25) is 5.02 Å². The fourth-order valence-electron chi connectivity index (χ4n) is 3.18. The van der Waals surface area contributed by atoms with Crippen LogP contribution in [0.25, 0.3) is 26.5 Å². The Kier molecular flexibility index (Phi) is 7.80. The SMILES string of the molecule is [C-]#[N+]c1c(N)nc(SCc2csc(-c3ccc(Cl)cc3)n2)c(C#N)c1-c1ccc(OCCO)nc1. The Morgan fingerprint density at radius 2 is 1.97 bits per heavy atom. The molecule has 8 nitrogen and oxygen atoms in total. The van der Waals surface area contributed by atoms with Gasteiger partial charge in [0.25, 0.3) is 0 Å². The number of aliphatic hydroxyl groups excluding tert-OH is 1. The van der Waals surface area contributed by atoms with Crippen molar-refractivity contribution in [3.63, 3.8) is 0 Å². The summed E-state index contributed by atoms with van der Waals surface area (Å²) in [6.45, 7) is 7.56. The number of thiazole rings is 1. The zero-order valence-electron chi connectivity index (χ0n) is 18.1. The van der Waals surface area contributed by atoms with Crippen LogP contribution in [0, 0.1) is 17.9 Å². The number of nitrogens with two attached hydrogens (primary N) is 1. The number of hydrogen-bond donors (Lipinski definition) is 2. The summed E-state index contributed by atoms with van der Waals surface area (Å²) < 4.78 is 5.29. The Morgan fingerprint density at radius 3 is 2.63 bits per heavy atom. The van der Waals surface area contributed by atoms with E-state index in [9.17, 15) is 5.26 Å². The van der Waals surface area contributed by atoms with Crippen LogP contribution in [-0.4, -0.2) is 33.3 Å². The van der Waals surface area contributed by atoms with Crippen LogP contribution in [-0.2, 0) is 5.75 Å². The summed E-state index contributed by atoms with van der Waals surface area (Å²) in [5.74, 6) is 0.827. The number of rotatable bonds is 8. The van der Waals surface area contributed by atoms with E-state index in [4.69, 9.17) is 33.8 Å². The first kappa shape index (κ1) is 24.5. The quantitative estimate of drug-likeness (QED) is 0.228. The molecule has 1 aromatic carbocycles. The second kappa shape index (κ2) is 11.2. The number of hydrogen-bond acceptors (Lipinski definition) is 9. The smallest absolute Gasteiger partial charge is 0.237 e. The molecule has 0 fully saturated rings. The number of benzene rings is 1. The molecule has 35 heavy (non-hydrogen) atoms. The lowest BCUT2D eigenvalue weighted by Gasteiger charge is -2.13. The molecule has 0 spiro atoms. The van der Waals surface area contributed by atoms with Gasteiger partial charge in [-0.05, 0) is 23.8 Å². The van der Waals surface area contributed by atoms with Gasteiger partial charge in [-0.1, -0.05) is 35.5 Å². The zero-order valence-corrected chi connectivity index (χ0v) is 20.5. The van der Waals surface area contributed by atoms with E-state index >= 15 is 0 Å². The number of anilines is 1. The van der Waals surface area contributed by atoms with E-state index in [-0.39, 0.29) is 30.3 Å². The van der Waals surface area contributed by atoms with Gasteiger partial charge in [0.15, 0.2) is 0 Å². The van der Waals surface area contributed by atoms with Crippen molar-refractivity contribution in [3.05, 3.63) is 75.7 Å². The normalized spacial score (nSPS) is 10.5. The predicted molar refractivity (Wildman–Crippen MR) is 138 cm³/mol. The maximum atomic E-state index is 9.97. The van der Waals surface area contributed by atoms with Crippen LogP contribution < -0.4 is 10.5 Å². The van der Waals surface area contributed by atoms with Crippen molar-refractivity contribution in [2.45, 2.75) is 10.8 Å². The number of nitriles is 1. The summed E-state index contributed by atoms with van der Waals surface area (Å²) in [6.07, 6.45) is 1.50. The average molecular weight is 521 g/mol. The summed E-state index contributed by atoms with van der Waals surface area (Å²) in [6, 6.07) is 12.9. The molecule has 0 aliphatic heterocycles. The molecule has 4 aromatic rings. The highest BCUT2D eigenvalue weighted by Crippen LogP contribution is 2.42. The molecule has 0 bridgehead atoms. The number of aromatic nitrogens is 3.